The Hall–Kier alpha value is -4.65. The van der Waals surface area contributed by atoms with Gasteiger partial charge in [0.1, 0.15) is 17.2 Å². The number of benzene rings is 2. The number of carbonyl (C=O) groups is 2. The molecule has 3 aliphatic heterocycles. The molecule has 316 valence electrons. The number of amides is 2. The van der Waals surface area contributed by atoms with Crippen LogP contribution in [0.5, 0.6) is 0 Å². The monoisotopic (exact) mass is 841 g/mol. The van der Waals surface area contributed by atoms with Gasteiger partial charge in [-0.25, -0.2) is 18.7 Å². The lowest BCUT2D eigenvalue weighted by Crippen LogP contribution is -2.44. The van der Waals surface area contributed by atoms with Crippen molar-refractivity contribution < 1.29 is 36.3 Å². The van der Waals surface area contributed by atoms with Gasteiger partial charge in [0.25, 0.3) is 0 Å². The number of likely N-dealkylation sites (N-methyl/N-ethyl adjacent to an activating group) is 1. The van der Waals surface area contributed by atoms with Crippen molar-refractivity contribution in [3.63, 3.8) is 0 Å². The smallest absolute Gasteiger partial charge is 0.381 e. The molecule has 4 fully saturated rings. The van der Waals surface area contributed by atoms with Crippen LogP contribution >= 0.6 is 11.9 Å². The second kappa shape index (κ2) is 19.2. The van der Waals surface area contributed by atoms with Gasteiger partial charge in [0.15, 0.2) is 0 Å². The number of rotatable bonds is 9. The molecule has 12 nitrogen and oxygen atoms in total. The summed E-state index contributed by atoms with van der Waals surface area (Å²) in [6, 6.07) is 10.1. The Bertz CT molecular complexity index is 2080. The van der Waals surface area contributed by atoms with Crippen LogP contribution in [0.3, 0.4) is 0 Å². The van der Waals surface area contributed by atoms with Gasteiger partial charge in [-0.05, 0) is 87.0 Å². The number of nitrogens with zero attached hydrogens (tertiary/aromatic N) is 6. The first-order valence-corrected chi connectivity index (χ1v) is 20.8. The summed E-state index contributed by atoms with van der Waals surface area (Å²) in [6.45, 7) is 4.57. The van der Waals surface area contributed by atoms with Gasteiger partial charge in [0.05, 0.1) is 35.2 Å². The third-order valence-electron chi connectivity index (χ3n) is 11.1. The van der Waals surface area contributed by atoms with Gasteiger partial charge in [-0.15, -0.1) is 0 Å². The largest absolute Gasteiger partial charge is 0.419 e. The molecule has 4 aliphatic rings. The minimum absolute atomic E-state index is 0.0503. The van der Waals surface area contributed by atoms with E-state index in [2.05, 4.69) is 42.4 Å². The van der Waals surface area contributed by atoms with Crippen LogP contribution in [0.4, 0.5) is 39.3 Å². The molecule has 0 radical (unpaired) electrons. The summed E-state index contributed by atoms with van der Waals surface area (Å²) in [5, 5.41) is 9.31. The second-order valence-electron chi connectivity index (χ2n) is 15.3. The maximum atomic E-state index is 14.8. The molecule has 59 heavy (non-hydrogen) atoms. The fourth-order valence-electron chi connectivity index (χ4n) is 7.69. The van der Waals surface area contributed by atoms with Gasteiger partial charge in [-0.3, -0.25) is 24.3 Å². The molecular formula is C41H48F5N9O3S. The number of hydrogen-bond donors (Lipinski definition) is 3. The Balaban J connectivity index is 0.000000204. The predicted molar refractivity (Wildman–Crippen MR) is 214 cm³/mol. The summed E-state index contributed by atoms with van der Waals surface area (Å²) in [5.41, 5.74) is 0.221. The number of halogens is 5. The lowest BCUT2D eigenvalue weighted by atomic mass is 9.90. The molecule has 1 aliphatic carbocycles. The van der Waals surface area contributed by atoms with Gasteiger partial charge in [-0.2, -0.15) is 18.3 Å². The third kappa shape index (κ3) is 10.9. The van der Waals surface area contributed by atoms with Crippen molar-refractivity contribution in [2.24, 2.45) is 0 Å². The molecule has 18 heteroatoms. The topological polar surface area (TPSA) is 130 Å². The zero-order chi connectivity index (χ0) is 41.5. The van der Waals surface area contributed by atoms with E-state index in [0.29, 0.717) is 54.4 Å². The lowest BCUT2D eigenvalue weighted by molar-refractivity contribution is -0.137. The number of piperazine rings is 1. The first-order chi connectivity index (χ1) is 28.4. The van der Waals surface area contributed by atoms with E-state index in [1.54, 1.807) is 29.1 Å². The highest BCUT2D eigenvalue weighted by Gasteiger charge is 2.36. The highest BCUT2D eigenvalue weighted by Crippen LogP contribution is 2.37. The second-order valence-corrected chi connectivity index (χ2v) is 16.2. The van der Waals surface area contributed by atoms with Gasteiger partial charge in [0, 0.05) is 74.7 Å². The number of alkyl halides is 3. The molecule has 1 saturated carbocycles. The zero-order valence-electron chi connectivity index (χ0n) is 32.7. The van der Waals surface area contributed by atoms with Crippen LogP contribution < -0.4 is 20.3 Å². The predicted octanol–water partition coefficient (Wildman–Crippen LogP) is 7.62. The third-order valence-corrected chi connectivity index (χ3v) is 12.1. The summed E-state index contributed by atoms with van der Waals surface area (Å²) in [6.07, 6.45) is 7.04. The Morgan fingerprint density at radius 2 is 1.66 bits per heavy atom. The van der Waals surface area contributed by atoms with E-state index in [4.69, 9.17) is 4.74 Å². The molecule has 2 amide bonds. The van der Waals surface area contributed by atoms with E-state index in [1.807, 2.05) is 4.90 Å². The van der Waals surface area contributed by atoms with Crippen molar-refractivity contribution in [1.82, 2.24) is 34.7 Å². The van der Waals surface area contributed by atoms with E-state index in [1.165, 1.54) is 55.6 Å². The fraction of sp³-hybridized carbons (Fsp3) is 0.488. The van der Waals surface area contributed by atoms with Crippen LogP contribution in [0.2, 0.25) is 0 Å². The van der Waals surface area contributed by atoms with Crippen molar-refractivity contribution >= 4 is 41.1 Å². The average molecular weight is 842 g/mol. The summed E-state index contributed by atoms with van der Waals surface area (Å²) in [7, 11) is 2.06. The number of aromatic nitrogens is 4. The molecule has 0 bridgehead atoms. The maximum Gasteiger partial charge on any atom is 0.419 e. The molecule has 4 aromatic rings. The molecule has 3 N–H and O–H groups in total. The lowest BCUT2D eigenvalue weighted by Gasteiger charge is -2.34. The molecule has 1 unspecified atom stereocenters. The zero-order valence-corrected chi connectivity index (χ0v) is 33.6. The first-order valence-electron chi connectivity index (χ1n) is 20.0. The van der Waals surface area contributed by atoms with E-state index in [9.17, 15) is 31.5 Å². The number of anilines is 3. The Morgan fingerprint density at radius 1 is 0.898 bits per heavy atom. The Morgan fingerprint density at radius 3 is 2.36 bits per heavy atom. The van der Waals surface area contributed by atoms with Crippen molar-refractivity contribution in [2.75, 3.05) is 56.7 Å². The summed E-state index contributed by atoms with van der Waals surface area (Å²) < 4.78 is 80.9. The normalized spacial score (nSPS) is 19.9. The quantitative estimate of drug-likeness (QED) is 0.0875. The van der Waals surface area contributed by atoms with Gasteiger partial charge in [-0.1, -0.05) is 25.3 Å². The van der Waals surface area contributed by atoms with Gasteiger partial charge < -0.3 is 19.9 Å². The molecule has 0 spiro atoms. The van der Waals surface area contributed by atoms with E-state index >= 15 is 0 Å². The van der Waals surface area contributed by atoms with E-state index in [0.717, 1.165) is 51.9 Å². The van der Waals surface area contributed by atoms with Crippen LogP contribution in [-0.2, 0) is 20.5 Å². The number of ether oxygens (including phenoxy) is 1. The number of carbonyl (C=O) groups excluding carboxylic acids is 2. The number of piperidine rings is 1. The van der Waals surface area contributed by atoms with Crippen molar-refractivity contribution in [3.8, 4) is 11.3 Å². The molecule has 2 aromatic heterocycles. The van der Waals surface area contributed by atoms with Crippen LogP contribution in [0.15, 0.2) is 59.9 Å². The fourth-order valence-corrected chi connectivity index (χ4v) is 8.52. The van der Waals surface area contributed by atoms with Crippen LogP contribution in [0, 0.1) is 11.6 Å². The molecule has 2 aromatic carbocycles. The SMILES string of the molecule is CN1CCN(c2ccc(C3CCC(=O)NC3=O)cc2F)CC1.Fc1cc(SNC2CCCCC2)ccc1Nc1ncc(C(F)(F)F)c(-c2cnn(C3CCOCC3)c2)n1. The van der Waals surface area contributed by atoms with Crippen molar-refractivity contribution in [1.29, 1.82) is 0 Å². The van der Waals surface area contributed by atoms with E-state index in [-0.39, 0.29) is 46.6 Å². The highest BCUT2D eigenvalue weighted by molar-refractivity contribution is 7.97. The summed E-state index contributed by atoms with van der Waals surface area (Å²) in [4.78, 5) is 35.9. The molecule has 5 heterocycles. The summed E-state index contributed by atoms with van der Waals surface area (Å²) in [5.74, 6) is -2.01. The standard InChI is InChI=1S/C25H28F4N6OS.C16H20FN3O2/c26-21-12-19(37-34-17-4-2-1-3-5-17)6-7-22(21)32-24-30-14-20(25(27,28)29)23(33-24)16-13-31-35(15-16)18-8-10-36-11-9-18;1-19-6-8-20(9-7-19)14-4-2-11(10-13(14)17)12-3-5-15(21)18-16(12)22/h6-7,12-15,17-18,34H,1-5,8-11H2,(H,30,32,33);2,4,10,12H,3,5-9H2,1H3,(H,18,21,22). The van der Waals surface area contributed by atoms with Crippen LogP contribution in [0.25, 0.3) is 11.3 Å². The average Bonchev–Trinajstić information content (AvgIpc) is 3.73. The Labute approximate surface area is 343 Å². The molecule has 8 rings (SSSR count). The minimum Gasteiger partial charge on any atom is -0.381 e. The van der Waals surface area contributed by atoms with Crippen LogP contribution in [0.1, 0.15) is 80.9 Å². The Kier molecular flexibility index (Phi) is 13.8. The minimum atomic E-state index is -4.66. The van der Waals surface area contributed by atoms with Crippen molar-refractivity contribution in [3.05, 3.63) is 77.8 Å². The molecule has 1 atom stereocenters. The maximum absolute atomic E-state index is 14.8. The highest BCUT2D eigenvalue weighted by atomic mass is 32.2. The number of nitrogens with one attached hydrogen (secondary N) is 3. The first kappa shape index (κ1) is 42.5. The van der Waals surface area contributed by atoms with Gasteiger partial charge in [0.2, 0.25) is 17.8 Å². The van der Waals surface area contributed by atoms with Gasteiger partial charge >= 0.3 is 6.18 Å². The van der Waals surface area contributed by atoms with Crippen molar-refractivity contribution in [2.45, 2.75) is 86.9 Å². The van der Waals surface area contributed by atoms with E-state index < -0.39 is 23.5 Å². The number of hydrogen-bond acceptors (Lipinski definition) is 11. The molecular weight excluding hydrogens is 794 g/mol. The number of imide groups is 1. The van der Waals surface area contributed by atoms with Crippen LogP contribution in [-0.4, -0.2) is 88.9 Å². The summed E-state index contributed by atoms with van der Waals surface area (Å²) >= 11 is 1.38. The molecule has 3 saturated heterocycles.